The molecule has 1 aliphatic heterocycles. The first-order valence-electron chi connectivity index (χ1n) is 7.00. The number of nitrogen functional groups attached to an aromatic ring is 1. The van der Waals surface area contributed by atoms with Crippen molar-refractivity contribution in [1.29, 1.82) is 0 Å². The van der Waals surface area contributed by atoms with Crippen LogP contribution in [0.4, 0.5) is 11.6 Å². The normalized spacial score (nSPS) is 17.9. The summed E-state index contributed by atoms with van der Waals surface area (Å²) >= 11 is 0. The Balaban J connectivity index is 2.19. The van der Waals surface area contributed by atoms with Crippen LogP contribution in [0, 0.1) is 5.41 Å². The van der Waals surface area contributed by atoms with Crippen molar-refractivity contribution >= 4 is 11.6 Å². The molecule has 0 bridgehead atoms. The summed E-state index contributed by atoms with van der Waals surface area (Å²) in [5.41, 5.74) is 6.29. The Hall–Kier alpha value is -1.36. The van der Waals surface area contributed by atoms with Crippen LogP contribution in [0.3, 0.4) is 0 Å². The van der Waals surface area contributed by atoms with Gasteiger partial charge < -0.3 is 15.4 Å². The molecule has 0 spiro atoms. The van der Waals surface area contributed by atoms with Crippen molar-refractivity contribution in [2.24, 2.45) is 5.41 Å². The molecule has 0 radical (unpaired) electrons. The Labute approximate surface area is 115 Å². The lowest BCUT2D eigenvalue weighted by atomic mass is 9.82. The molecular formula is C14H24N4O. The third-order valence-corrected chi connectivity index (χ3v) is 4.31. The number of anilines is 2. The summed E-state index contributed by atoms with van der Waals surface area (Å²) in [5, 5.41) is 0. The maximum atomic E-state index is 5.86. The number of nitrogens with zero attached hydrogens (tertiary/aromatic N) is 3. The molecule has 106 valence electrons. The quantitative estimate of drug-likeness (QED) is 0.883. The summed E-state index contributed by atoms with van der Waals surface area (Å²) < 4.78 is 5.08. The molecule has 0 amide bonds. The number of hydrogen-bond donors (Lipinski definition) is 1. The van der Waals surface area contributed by atoms with Gasteiger partial charge in [0.15, 0.2) is 5.82 Å². The Kier molecular flexibility index (Phi) is 4.24. The van der Waals surface area contributed by atoms with Crippen molar-refractivity contribution in [3.8, 4) is 0 Å². The standard InChI is InChI=1S/C14H24N4O/c1-4-14(5-2)6-7-18(10-14)13-8-11(15)16-12(17-13)9-19-3/h8H,4-7,9-10H2,1-3H3,(H2,15,16,17). The summed E-state index contributed by atoms with van der Waals surface area (Å²) in [6.07, 6.45) is 3.65. The number of methoxy groups -OCH3 is 1. The molecule has 1 aromatic rings. The summed E-state index contributed by atoms with van der Waals surface area (Å²) in [4.78, 5) is 11.1. The van der Waals surface area contributed by atoms with Crippen molar-refractivity contribution < 1.29 is 4.74 Å². The Morgan fingerprint density at radius 1 is 1.37 bits per heavy atom. The van der Waals surface area contributed by atoms with Crippen molar-refractivity contribution in [1.82, 2.24) is 9.97 Å². The van der Waals surface area contributed by atoms with Crippen LogP contribution < -0.4 is 10.6 Å². The molecule has 0 atom stereocenters. The molecule has 5 nitrogen and oxygen atoms in total. The van der Waals surface area contributed by atoms with E-state index in [2.05, 4.69) is 28.7 Å². The molecule has 2 N–H and O–H groups in total. The van der Waals surface area contributed by atoms with Crippen molar-refractivity contribution in [3.63, 3.8) is 0 Å². The lowest BCUT2D eigenvalue weighted by Gasteiger charge is -2.26. The Bertz CT molecular complexity index is 431. The molecule has 2 rings (SSSR count). The maximum Gasteiger partial charge on any atom is 0.158 e. The highest BCUT2D eigenvalue weighted by molar-refractivity contribution is 5.48. The zero-order valence-electron chi connectivity index (χ0n) is 12.1. The van der Waals surface area contributed by atoms with Gasteiger partial charge in [-0.2, -0.15) is 0 Å². The van der Waals surface area contributed by atoms with Gasteiger partial charge in [0.2, 0.25) is 0 Å². The zero-order chi connectivity index (χ0) is 13.9. The highest BCUT2D eigenvalue weighted by atomic mass is 16.5. The summed E-state index contributed by atoms with van der Waals surface area (Å²) in [5.74, 6) is 2.11. The largest absolute Gasteiger partial charge is 0.384 e. The first kappa shape index (κ1) is 14.1. The van der Waals surface area contributed by atoms with Gasteiger partial charge in [0.1, 0.15) is 18.2 Å². The van der Waals surface area contributed by atoms with E-state index in [-0.39, 0.29) is 0 Å². The molecule has 0 aliphatic carbocycles. The fourth-order valence-corrected chi connectivity index (χ4v) is 2.82. The second kappa shape index (κ2) is 5.74. The molecule has 0 unspecified atom stereocenters. The summed E-state index contributed by atoms with van der Waals surface area (Å²) in [6, 6.07) is 1.86. The van der Waals surface area contributed by atoms with E-state index < -0.39 is 0 Å². The highest BCUT2D eigenvalue weighted by Crippen LogP contribution is 2.38. The average molecular weight is 264 g/mol. The monoisotopic (exact) mass is 264 g/mol. The van der Waals surface area contributed by atoms with E-state index in [4.69, 9.17) is 10.5 Å². The van der Waals surface area contributed by atoms with Crippen LogP contribution in [0.1, 0.15) is 38.9 Å². The molecule has 19 heavy (non-hydrogen) atoms. The Morgan fingerprint density at radius 3 is 2.68 bits per heavy atom. The van der Waals surface area contributed by atoms with Gasteiger partial charge in [-0.15, -0.1) is 0 Å². The lowest BCUT2D eigenvalue weighted by Crippen LogP contribution is -2.27. The minimum Gasteiger partial charge on any atom is -0.384 e. The second-order valence-electron chi connectivity index (χ2n) is 5.38. The molecule has 1 saturated heterocycles. The van der Waals surface area contributed by atoms with E-state index in [1.165, 1.54) is 19.3 Å². The summed E-state index contributed by atoms with van der Waals surface area (Å²) in [6.45, 7) is 7.06. The Morgan fingerprint density at radius 2 is 2.11 bits per heavy atom. The average Bonchev–Trinajstić information content (AvgIpc) is 2.84. The number of aromatic nitrogens is 2. The van der Waals surface area contributed by atoms with Gasteiger partial charge in [-0.25, -0.2) is 9.97 Å². The van der Waals surface area contributed by atoms with Crippen molar-refractivity contribution in [2.75, 3.05) is 30.8 Å². The first-order chi connectivity index (χ1) is 9.12. The van der Waals surface area contributed by atoms with Crippen molar-refractivity contribution in [3.05, 3.63) is 11.9 Å². The molecule has 1 aliphatic rings. The fraction of sp³-hybridized carbons (Fsp3) is 0.714. The van der Waals surface area contributed by atoms with E-state index >= 15 is 0 Å². The van der Waals surface area contributed by atoms with Crippen LogP contribution in [0.15, 0.2) is 6.07 Å². The third kappa shape index (κ3) is 2.97. The first-order valence-corrected chi connectivity index (χ1v) is 7.00. The van der Waals surface area contributed by atoms with Crippen molar-refractivity contribution in [2.45, 2.75) is 39.7 Å². The lowest BCUT2D eigenvalue weighted by molar-refractivity contribution is 0.178. The molecule has 0 aromatic carbocycles. The molecule has 0 saturated carbocycles. The maximum absolute atomic E-state index is 5.86. The number of hydrogen-bond acceptors (Lipinski definition) is 5. The number of ether oxygens (including phenoxy) is 1. The van der Waals surface area contributed by atoms with E-state index in [9.17, 15) is 0 Å². The topological polar surface area (TPSA) is 64.3 Å². The van der Waals surface area contributed by atoms with Gasteiger partial charge in [0.25, 0.3) is 0 Å². The zero-order valence-corrected chi connectivity index (χ0v) is 12.1. The predicted molar refractivity (Wildman–Crippen MR) is 77.0 cm³/mol. The van der Waals surface area contributed by atoms with Gasteiger partial charge in [0, 0.05) is 26.3 Å². The molecule has 5 heteroatoms. The summed E-state index contributed by atoms with van der Waals surface area (Å²) in [7, 11) is 1.64. The van der Waals surface area contributed by atoms with E-state index in [1.807, 2.05) is 6.07 Å². The van der Waals surface area contributed by atoms with E-state index in [1.54, 1.807) is 7.11 Å². The van der Waals surface area contributed by atoms with Crippen LogP contribution in [0.25, 0.3) is 0 Å². The number of rotatable bonds is 5. The van der Waals surface area contributed by atoms with E-state index in [0.29, 0.717) is 23.7 Å². The second-order valence-corrected chi connectivity index (χ2v) is 5.38. The van der Waals surface area contributed by atoms with E-state index in [0.717, 1.165) is 18.9 Å². The molecule has 2 heterocycles. The fourth-order valence-electron chi connectivity index (χ4n) is 2.82. The van der Waals surface area contributed by atoms with Gasteiger partial charge in [-0.3, -0.25) is 0 Å². The van der Waals surface area contributed by atoms with Crippen LogP contribution >= 0.6 is 0 Å². The predicted octanol–water partition coefficient (Wildman–Crippen LogP) is 2.22. The smallest absolute Gasteiger partial charge is 0.158 e. The minimum atomic E-state index is 0.401. The van der Waals surface area contributed by atoms with Gasteiger partial charge in [-0.05, 0) is 24.7 Å². The minimum absolute atomic E-state index is 0.401. The van der Waals surface area contributed by atoms with Crippen LogP contribution in [-0.2, 0) is 11.3 Å². The van der Waals surface area contributed by atoms with Crippen LogP contribution in [0.2, 0.25) is 0 Å². The molecule has 1 fully saturated rings. The van der Waals surface area contributed by atoms with Gasteiger partial charge in [0.05, 0.1) is 0 Å². The van der Waals surface area contributed by atoms with Gasteiger partial charge in [-0.1, -0.05) is 13.8 Å². The SMILES string of the molecule is CCC1(CC)CCN(c2cc(N)nc(COC)n2)C1. The molecule has 1 aromatic heterocycles. The number of nitrogens with two attached hydrogens (primary N) is 1. The third-order valence-electron chi connectivity index (χ3n) is 4.31. The van der Waals surface area contributed by atoms with Crippen LogP contribution in [-0.4, -0.2) is 30.2 Å². The van der Waals surface area contributed by atoms with Crippen LogP contribution in [0.5, 0.6) is 0 Å². The highest BCUT2D eigenvalue weighted by Gasteiger charge is 2.35. The van der Waals surface area contributed by atoms with Gasteiger partial charge >= 0.3 is 0 Å². The molecular weight excluding hydrogens is 240 g/mol.